The van der Waals surface area contributed by atoms with Crippen molar-refractivity contribution in [2.75, 3.05) is 13.1 Å². The second kappa shape index (κ2) is 8.26. The van der Waals surface area contributed by atoms with Gasteiger partial charge in [0.2, 0.25) is 5.91 Å². The molecule has 1 aromatic rings. The fourth-order valence-electron chi connectivity index (χ4n) is 1.72. The number of hydrogen-bond acceptors (Lipinski definition) is 4. The highest BCUT2D eigenvalue weighted by Gasteiger charge is 2.20. The number of rotatable bonds is 8. The number of nitro groups is 1. The van der Waals surface area contributed by atoms with Crippen molar-refractivity contribution in [3.05, 3.63) is 59.7 Å². The molecule has 0 aliphatic rings. The molecule has 1 atom stereocenters. The first-order chi connectivity index (χ1) is 9.99. The standard InChI is InChI=1S/C15H18N2O3S/c1-4-10-16(11-5-2)15(18)12(3)21-14-8-6-13(7-9-14)17(19)20/h4-9,12H,1-2,10-11H2,3H3. The van der Waals surface area contributed by atoms with Crippen molar-refractivity contribution in [2.45, 2.75) is 17.1 Å². The third-order valence-electron chi connectivity index (χ3n) is 2.72. The van der Waals surface area contributed by atoms with E-state index in [4.69, 9.17) is 0 Å². The van der Waals surface area contributed by atoms with Gasteiger partial charge in [0, 0.05) is 30.1 Å². The summed E-state index contributed by atoms with van der Waals surface area (Å²) in [5.74, 6) is -0.0156. The van der Waals surface area contributed by atoms with Gasteiger partial charge in [0.1, 0.15) is 0 Å². The molecular weight excluding hydrogens is 288 g/mol. The van der Waals surface area contributed by atoms with E-state index in [1.165, 1.54) is 23.9 Å². The van der Waals surface area contributed by atoms with Crippen LogP contribution < -0.4 is 0 Å². The summed E-state index contributed by atoms with van der Waals surface area (Å²) in [5.41, 5.74) is 0.0401. The lowest BCUT2D eigenvalue weighted by atomic mass is 10.3. The van der Waals surface area contributed by atoms with Crippen LogP contribution in [-0.2, 0) is 4.79 Å². The van der Waals surface area contributed by atoms with E-state index in [0.29, 0.717) is 13.1 Å². The van der Waals surface area contributed by atoms with E-state index in [1.54, 1.807) is 29.2 Å². The Bertz CT molecular complexity index is 518. The molecular formula is C15H18N2O3S. The van der Waals surface area contributed by atoms with Crippen LogP contribution in [0.2, 0.25) is 0 Å². The van der Waals surface area contributed by atoms with Crippen LogP contribution in [-0.4, -0.2) is 34.1 Å². The van der Waals surface area contributed by atoms with Gasteiger partial charge in [0.15, 0.2) is 0 Å². The van der Waals surface area contributed by atoms with Crippen LogP contribution in [0.1, 0.15) is 6.92 Å². The van der Waals surface area contributed by atoms with Crippen molar-refractivity contribution in [1.29, 1.82) is 0 Å². The predicted octanol–water partition coefficient (Wildman–Crippen LogP) is 3.28. The molecule has 5 nitrogen and oxygen atoms in total. The third-order valence-corrected chi connectivity index (χ3v) is 3.82. The highest BCUT2D eigenvalue weighted by molar-refractivity contribution is 8.00. The van der Waals surface area contributed by atoms with Crippen molar-refractivity contribution < 1.29 is 9.72 Å². The molecule has 0 saturated heterocycles. The van der Waals surface area contributed by atoms with Gasteiger partial charge in [-0.15, -0.1) is 24.9 Å². The molecule has 0 saturated carbocycles. The Morgan fingerprint density at radius 1 is 1.33 bits per heavy atom. The Hall–Kier alpha value is -2.08. The molecule has 112 valence electrons. The molecule has 0 heterocycles. The van der Waals surface area contributed by atoms with Gasteiger partial charge in [-0.25, -0.2) is 0 Å². The lowest BCUT2D eigenvalue weighted by Gasteiger charge is -2.23. The van der Waals surface area contributed by atoms with E-state index in [2.05, 4.69) is 13.2 Å². The first kappa shape index (κ1) is 17.0. The number of nitro benzene ring substituents is 1. The van der Waals surface area contributed by atoms with Crippen molar-refractivity contribution in [1.82, 2.24) is 4.90 Å². The maximum Gasteiger partial charge on any atom is 0.269 e. The molecule has 6 heteroatoms. The second-order valence-electron chi connectivity index (χ2n) is 4.33. The topological polar surface area (TPSA) is 63.5 Å². The van der Waals surface area contributed by atoms with Gasteiger partial charge >= 0.3 is 0 Å². The summed E-state index contributed by atoms with van der Waals surface area (Å²) in [6, 6.07) is 6.17. The minimum atomic E-state index is -0.446. The Balaban J connectivity index is 2.72. The van der Waals surface area contributed by atoms with Crippen LogP contribution in [0, 0.1) is 10.1 Å². The third kappa shape index (κ3) is 5.07. The highest BCUT2D eigenvalue weighted by Crippen LogP contribution is 2.26. The number of nitrogens with zero attached hydrogens (tertiary/aromatic N) is 2. The van der Waals surface area contributed by atoms with Gasteiger partial charge in [0.05, 0.1) is 10.2 Å². The number of hydrogen-bond donors (Lipinski definition) is 0. The molecule has 0 bridgehead atoms. The molecule has 1 amide bonds. The van der Waals surface area contributed by atoms with Crippen molar-refractivity contribution in [3.8, 4) is 0 Å². The minimum absolute atomic E-state index is 0.0156. The predicted molar refractivity (Wildman–Crippen MR) is 85.4 cm³/mol. The summed E-state index contributed by atoms with van der Waals surface area (Å²) in [7, 11) is 0. The fourth-order valence-corrected chi connectivity index (χ4v) is 2.68. The number of carbonyl (C=O) groups excluding carboxylic acids is 1. The zero-order valence-electron chi connectivity index (χ0n) is 11.9. The first-order valence-electron chi connectivity index (χ1n) is 6.41. The summed E-state index contributed by atoms with van der Waals surface area (Å²) in [6.45, 7) is 10.0. The highest BCUT2D eigenvalue weighted by atomic mass is 32.2. The molecule has 21 heavy (non-hydrogen) atoms. The van der Waals surface area contributed by atoms with Crippen LogP contribution in [0.5, 0.6) is 0 Å². The largest absolute Gasteiger partial charge is 0.334 e. The molecule has 0 N–H and O–H groups in total. The van der Waals surface area contributed by atoms with E-state index in [-0.39, 0.29) is 16.8 Å². The van der Waals surface area contributed by atoms with Gasteiger partial charge in [0.25, 0.3) is 5.69 Å². The van der Waals surface area contributed by atoms with Crippen LogP contribution >= 0.6 is 11.8 Å². The van der Waals surface area contributed by atoms with Gasteiger partial charge < -0.3 is 4.90 Å². The molecule has 1 aromatic carbocycles. The zero-order chi connectivity index (χ0) is 15.8. The zero-order valence-corrected chi connectivity index (χ0v) is 12.7. The SMILES string of the molecule is C=CCN(CC=C)C(=O)C(C)Sc1ccc([N+](=O)[O-])cc1. The van der Waals surface area contributed by atoms with E-state index in [9.17, 15) is 14.9 Å². The average Bonchev–Trinajstić information content (AvgIpc) is 2.46. The van der Waals surface area contributed by atoms with Gasteiger partial charge in [-0.1, -0.05) is 12.2 Å². The van der Waals surface area contributed by atoms with Gasteiger partial charge in [-0.2, -0.15) is 0 Å². The van der Waals surface area contributed by atoms with Crippen LogP contribution in [0.15, 0.2) is 54.5 Å². The van der Waals surface area contributed by atoms with Crippen molar-refractivity contribution in [2.24, 2.45) is 0 Å². The number of benzene rings is 1. The van der Waals surface area contributed by atoms with Crippen LogP contribution in [0.3, 0.4) is 0 Å². The smallest absolute Gasteiger partial charge is 0.269 e. The number of thioether (sulfide) groups is 1. The molecule has 1 unspecified atom stereocenters. The van der Waals surface area contributed by atoms with Gasteiger partial charge in [-0.05, 0) is 19.1 Å². The Morgan fingerprint density at radius 2 is 1.86 bits per heavy atom. The Morgan fingerprint density at radius 3 is 2.29 bits per heavy atom. The van der Waals surface area contributed by atoms with E-state index in [1.807, 2.05) is 6.92 Å². The molecule has 0 fully saturated rings. The maximum atomic E-state index is 12.3. The molecule has 1 rings (SSSR count). The molecule has 0 spiro atoms. The van der Waals surface area contributed by atoms with Crippen LogP contribution in [0.25, 0.3) is 0 Å². The second-order valence-corrected chi connectivity index (χ2v) is 5.75. The molecule has 0 aliphatic carbocycles. The minimum Gasteiger partial charge on any atom is -0.334 e. The lowest BCUT2D eigenvalue weighted by Crippen LogP contribution is -2.36. The van der Waals surface area contributed by atoms with E-state index >= 15 is 0 Å². The van der Waals surface area contributed by atoms with Crippen molar-refractivity contribution >= 4 is 23.4 Å². The summed E-state index contributed by atoms with van der Waals surface area (Å²) in [6.07, 6.45) is 3.34. The summed E-state index contributed by atoms with van der Waals surface area (Å²) in [4.78, 5) is 24.9. The average molecular weight is 306 g/mol. The molecule has 0 radical (unpaired) electrons. The summed E-state index contributed by atoms with van der Waals surface area (Å²) >= 11 is 1.37. The first-order valence-corrected chi connectivity index (χ1v) is 7.29. The van der Waals surface area contributed by atoms with E-state index in [0.717, 1.165) is 4.90 Å². The molecule has 0 aliphatic heterocycles. The lowest BCUT2D eigenvalue weighted by molar-refractivity contribution is -0.384. The fraction of sp³-hybridized carbons (Fsp3) is 0.267. The van der Waals surface area contributed by atoms with E-state index < -0.39 is 4.92 Å². The van der Waals surface area contributed by atoms with Crippen molar-refractivity contribution in [3.63, 3.8) is 0 Å². The normalized spacial score (nSPS) is 11.5. The number of amides is 1. The number of carbonyl (C=O) groups is 1. The summed E-state index contributed by atoms with van der Waals surface area (Å²) < 4.78 is 0. The summed E-state index contributed by atoms with van der Waals surface area (Å²) in [5, 5.41) is 10.3. The monoisotopic (exact) mass is 306 g/mol. The number of non-ortho nitro benzene ring substituents is 1. The Labute approximate surface area is 128 Å². The Kier molecular flexibility index (Phi) is 6.68. The molecule has 0 aromatic heterocycles. The van der Waals surface area contributed by atoms with Gasteiger partial charge in [-0.3, -0.25) is 14.9 Å². The quantitative estimate of drug-likeness (QED) is 0.320. The van der Waals surface area contributed by atoms with Crippen LogP contribution in [0.4, 0.5) is 5.69 Å². The maximum absolute atomic E-state index is 12.3.